The van der Waals surface area contributed by atoms with Gasteiger partial charge in [0, 0.05) is 11.0 Å². The first-order chi connectivity index (χ1) is 22.6. The molecule has 1 heterocycles. The highest BCUT2D eigenvalue weighted by atomic mass is 19.1. The molecule has 7 nitrogen and oxygen atoms in total. The Hall–Kier alpha value is -2.58. The van der Waals surface area contributed by atoms with E-state index in [0.717, 1.165) is 64.2 Å². The fourth-order valence-electron chi connectivity index (χ4n) is 12.3. The number of carbonyl (C=O) groups excluding carboxylic acids is 1. The Morgan fingerprint density at radius 3 is 2.50 bits per heavy atom. The average molecular weight is 661 g/mol. The van der Waals surface area contributed by atoms with Crippen LogP contribution >= 0.6 is 0 Å². The Bertz CT molecular complexity index is 1600. The standard InChI is InChI=1S/C40H57FN4O3/c1-35(2)17-19-40(34(48)42-22-27-24-45(44-43-27)23-26-9-7-8-10-30(26)41)20-18-38(5)28(29(40)21-35)11-12-32-36(3)15-14-33(47)37(4,25-46)31(36)13-16-39(32,38)6/h7-11,24,29,31-33,46-47H,12-23,25H2,1-6H3,(H,42,48)/t29-,31+,32+,33-,36-,37-,38+,39+,40-/m0/s1. The number of aliphatic hydroxyl groups is 2. The predicted molar refractivity (Wildman–Crippen MR) is 184 cm³/mol. The van der Waals surface area contributed by atoms with Gasteiger partial charge in [-0.3, -0.25) is 4.79 Å². The Balaban J connectivity index is 1.16. The molecule has 0 saturated heterocycles. The molecule has 48 heavy (non-hydrogen) atoms. The number of aliphatic hydroxyl groups excluding tert-OH is 2. The van der Waals surface area contributed by atoms with Crippen molar-refractivity contribution in [3.05, 3.63) is 59.2 Å². The summed E-state index contributed by atoms with van der Waals surface area (Å²) in [4.78, 5) is 14.5. The van der Waals surface area contributed by atoms with Crippen molar-refractivity contribution in [2.24, 2.45) is 50.2 Å². The largest absolute Gasteiger partial charge is 0.396 e. The Kier molecular flexibility index (Phi) is 8.10. The quantitative estimate of drug-likeness (QED) is 0.284. The first-order valence-corrected chi connectivity index (χ1v) is 18.5. The Morgan fingerprint density at radius 1 is 1.00 bits per heavy atom. The van der Waals surface area contributed by atoms with Crippen LogP contribution in [0, 0.1) is 56.1 Å². The van der Waals surface area contributed by atoms with E-state index in [1.54, 1.807) is 23.0 Å². The zero-order chi connectivity index (χ0) is 34.3. The van der Waals surface area contributed by atoms with Crippen molar-refractivity contribution in [1.29, 1.82) is 0 Å². The van der Waals surface area contributed by atoms with Gasteiger partial charge in [0.1, 0.15) is 11.5 Å². The highest BCUT2D eigenvalue weighted by Crippen LogP contribution is 2.75. The fourth-order valence-corrected chi connectivity index (χ4v) is 12.3. The smallest absolute Gasteiger partial charge is 0.227 e. The summed E-state index contributed by atoms with van der Waals surface area (Å²) in [6.07, 6.45) is 13.6. The van der Waals surface area contributed by atoms with E-state index in [1.165, 1.54) is 11.6 Å². The van der Waals surface area contributed by atoms with Gasteiger partial charge in [0.2, 0.25) is 5.91 Å². The number of allylic oxidation sites excluding steroid dienone is 2. The van der Waals surface area contributed by atoms with Crippen LogP contribution in [-0.2, 0) is 17.9 Å². The lowest BCUT2D eigenvalue weighted by molar-refractivity contribution is -0.215. The van der Waals surface area contributed by atoms with Crippen LogP contribution in [0.3, 0.4) is 0 Å². The summed E-state index contributed by atoms with van der Waals surface area (Å²) in [5, 5.41) is 33.5. The third-order valence-electron chi connectivity index (χ3n) is 15.5. The van der Waals surface area contributed by atoms with Gasteiger partial charge in [0.05, 0.1) is 37.4 Å². The van der Waals surface area contributed by atoms with Crippen LogP contribution in [-0.4, -0.2) is 43.8 Å². The van der Waals surface area contributed by atoms with Crippen molar-refractivity contribution in [2.75, 3.05) is 6.61 Å². The number of benzene rings is 1. The van der Waals surface area contributed by atoms with Crippen LogP contribution in [0.4, 0.5) is 4.39 Å². The number of hydrogen-bond donors (Lipinski definition) is 3. The van der Waals surface area contributed by atoms with Gasteiger partial charge in [-0.05, 0) is 110 Å². The maximum absolute atomic E-state index is 14.5. The summed E-state index contributed by atoms with van der Waals surface area (Å²) in [5.74, 6) is 0.828. The van der Waals surface area contributed by atoms with Crippen LogP contribution in [0.5, 0.6) is 0 Å². The Labute approximate surface area is 286 Å². The third kappa shape index (κ3) is 4.89. The SMILES string of the molecule is CC1(C)CC[C@]2(C(=O)NCc3cn(Cc4ccccc4F)nn3)CC[C@]3(C)C(=CC[C@@H]4[C@@]5(C)CC[C@H](O)[C@@](C)(CO)[C@@H]5CC[C@]43C)[C@@H]2C1. The normalized spacial score (nSPS) is 41.6. The van der Waals surface area contributed by atoms with E-state index in [2.05, 4.69) is 63.2 Å². The zero-order valence-electron chi connectivity index (χ0n) is 30.0. The second kappa shape index (κ2) is 11.5. The van der Waals surface area contributed by atoms with E-state index in [0.29, 0.717) is 36.2 Å². The van der Waals surface area contributed by atoms with E-state index < -0.39 is 16.9 Å². The van der Waals surface area contributed by atoms with Crippen LogP contribution in [0.1, 0.15) is 117 Å². The topological polar surface area (TPSA) is 100 Å². The average Bonchev–Trinajstić information content (AvgIpc) is 3.50. The van der Waals surface area contributed by atoms with Gasteiger partial charge in [0.25, 0.3) is 0 Å². The molecule has 1 amide bonds. The number of rotatable bonds is 6. The molecule has 0 spiro atoms. The van der Waals surface area contributed by atoms with Crippen molar-refractivity contribution in [3.63, 3.8) is 0 Å². The molecule has 0 bridgehead atoms. The number of nitrogens with one attached hydrogen (secondary N) is 1. The Morgan fingerprint density at radius 2 is 1.75 bits per heavy atom. The number of halogens is 1. The molecular formula is C40H57FN4O3. The van der Waals surface area contributed by atoms with Crippen molar-refractivity contribution in [3.8, 4) is 0 Å². The summed E-state index contributed by atoms with van der Waals surface area (Å²) >= 11 is 0. The number of hydrogen-bond acceptors (Lipinski definition) is 5. The predicted octanol–water partition coefficient (Wildman–Crippen LogP) is 7.22. The van der Waals surface area contributed by atoms with E-state index in [-0.39, 0.29) is 45.9 Å². The number of carbonyl (C=O) groups is 1. The van der Waals surface area contributed by atoms with Crippen LogP contribution < -0.4 is 5.32 Å². The van der Waals surface area contributed by atoms with Gasteiger partial charge in [0.15, 0.2) is 0 Å². The number of nitrogens with zero attached hydrogens (tertiary/aromatic N) is 3. The first kappa shape index (κ1) is 33.9. The highest BCUT2D eigenvalue weighted by Gasteiger charge is 2.69. The monoisotopic (exact) mass is 660 g/mol. The second-order valence-electron chi connectivity index (χ2n) is 18.3. The van der Waals surface area contributed by atoms with Gasteiger partial charge in [-0.25, -0.2) is 9.07 Å². The molecule has 2 aromatic rings. The molecular weight excluding hydrogens is 603 g/mol. The molecule has 0 unspecified atom stereocenters. The molecule has 262 valence electrons. The number of amides is 1. The molecule has 7 rings (SSSR count). The van der Waals surface area contributed by atoms with E-state index in [1.807, 2.05) is 6.07 Å². The maximum atomic E-state index is 14.5. The lowest BCUT2D eigenvalue weighted by atomic mass is 9.33. The fraction of sp³-hybridized carbons (Fsp3) is 0.725. The van der Waals surface area contributed by atoms with Gasteiger partial charge >= 0.3 is 0 Å². The summed E-state index contributed by atoms with van der Waals surface area (Å²) in [6, 6.07) is 6.69. The summed E-state index contributed by atoms with van der Waals surface area (Å²) < 4.78 is 15.9. The lowest BCUT2D eigenvalue weighted by Gasteiger charge is -2.71. The van der Waals surface area contributed by atoms with E-state index >= 15 is 0 Å². The van der Waals surface area contributed by atoms with E-state index in [9.17, 15) is 19.4 Å². The summed E-state index contributed by atoms with van der Waals surface area (Å²) in [5.41, 5.74) is 2.13. The van der Waals surface area contributed by atoms with Crippen LogP contribution in [0.15, 0.2) is 42.1 Å². The zero-order valence-corrected chi connectivity index (χ0v) is 30.0. The molecule has 5 aliphatic rings. The minimum Gasteiger partial charge on any atom is -0.396 e. The third-order valence-corrected chi connectivity index (χ3v) is 15.5. The molecule has 0 aliphatic heterocycles. The van der Waals surface area contributed by atoms with Crippen LogP contribution in [0.2, 0.25) is 0 Å². The molecule has 3 N–H and O–H groups in total. The summed E-state index contributed by atoms with van der Waals surface area (Å²) in [6.45, 7) is 15.0. The maximum Gasteiger partial charge on any atom is 0.227 e. The van der Waals surface area contributed by atoms with Crippen molar-refractivity contribution < 1.29 is 19.4 Å². The lowest BCUT2D eigenvalue weighted by Crippen LogP contribution is -2.66. The first-order valence-electron chi connectivity index (χ1n) is 18.5. The molecule has 4 saturated carbocycles. The van der Waals surface area contributed by atoms with Crippen LogP contribution in [0.25, 0.3) is 0 Å². The van der Waals surface area contributed by atoms with Crippen molar-refractivity contribution in [2.45, 2.75) is 125 Å². The van der Waals surface area contributed by atoms with Gasteiger partial charge in [-0.15, -0.1) is 5.10 Å². The van der Waals surface area contributed by atoms with Gasteiger partial charge in [-0.2, -0.15) is 0 Å². The number of aromatic nitrogens is 3. The highest BCUT2D eigenvalue weighted by molar-refractivity contribution is 5.84. The minimum absolute atomic E-state index is 0.00709. The minimum atomic E-state index is -0.463. The molecule has 1 aromatic carbocycles. The van der Waals surface area contributed by atoms with Gasteiger partial charge < -0.3 is 15.5 Å². The number of fused-ring (bicyclic) bond motifs is 7. The molecule has 0 radical (unpaired) electrons. The van der Waals surface area contributed by atoms with Crippen molar-refractivity contribution in [1.82, 2.24) is 20.3 Å². The molecule has 1 aromatic heterocycles. The van der Waals surface area contributed by atoms with Gasteiger partial charge in [-0.1, -0.05) is 76.6 Å². The molecule has 9 atom stereocenters. The summed E-state index contributed by atoms with van der Waals surface area (Å²) in [7, 11) is 0. The van der Waals surface area contributed by atoms with E-state index in [4.69, 9.17) is 0 Å². The molecule has 8 heteroatoms. The second-order valence-corrected chi connectivity index (χ2v) is 18.3. The van der Waals surface area contributed by atoms with Crippen molar-refractivity contribution >= 4 is 5.91 Å². The molecule has 5 aliphatic carbocycles. The molecule has 4 fully saturated rings.